The number of carbonyl (C=O) groups excluding carboxylic acids is 2. The first-order valence-corrected chi connectivity index (χ1v) is 12.0. The van der Waals surface area contributed by atoms with E-state index in [4.69, 9.17) is 9.84 Å². The Balaban J connectivity index is 1.19. The van der Waals surface area contributed by atoms with Gasteiger partial charge in [0.25, 0.3) is 11.8 Å². The number of halogens is 1. The van der Waals surface area contributed by atoms with Crippen LogP contribution in [0.4, 0.5) is 4.39 Å². The maximum Gasteiger partial charge on any atom is 0.306 e. The second kappa shape index (κ2) is 10.6. The monoisotopic (exact) mass is 484 g/mol. The van der Waals surface area contributed by atoms with Gasteiger partial charge in [-0.05, 0) is 73.5 Å². The Morgan fingerprint density at radius 1 is 0.941 bits per heavy atom. The van der Waals surface area contributed by atoms with Crippen LogP contribution < -0.4 is 15.4 Å². The molecule has 0 radical (unpaired) electrons. The minimum atomic E-state index is -0.745. The van der Waals surface area contributed by atoms with Crippen LogP contribution in [-0.4, -0.2) is 42.1 Å². The van der Waals surface area contributed by atoms with E-state index in [9.17, 15) is 18.8 Å². The number of rotatable bonds is 8. The van der Waals surface area contributed by atoms with Crippen LogP contribution in [0.1, 0.15) is 45.7 Å². The van der Waals surface area contributed by atoms with Crippen LogP contribution in [0.5, 0.6) is 5.75 Å². The molecule has 9 heteroatoms. The zero-order valence-electron chi connectivity index (χ0n) is 18.4. The highest BCUT2D eigenvalue weighted by molar-refractivity contribution is 7.20. The summed E-state index contributed by atoms with van der Waals surface area (Å²) in [5.41, 5.74) is 0.472. The van der Waals surface area contributed by atoms with Crippen molar-refractivity contribution in [1.29, 1.82) is 0 Å². The number of nitrogens with one attached hydrogen (secondary N) is 2. The van der Waals surface area contributed by atoms with E-state index in [2.05, 4.69) is 10.6 Å². The van der Waals surface area contributed by atoms with Gasteiger partial charge >= 0.3 is 5.97 Å². The molecule has 34 heavy (non-hydrogen) atoms. The Hall–Kier alpha value is -3.46. The Morgan fingerprint density at radius 2 is 1.62 bits per heavy atom. The Kier molecular flexibility index (Phi) is 7.42. The number of amides is 2. The molecule has 2 aromatic carbocycles. The molecular weight excluding hydrogens is 459 g/mol. The minimum Gasteiger partial charge on any atom is -0.490 e. The summed E-state index contributed by atoms with van der Waals surface area (Å²) in [7, 11) is 0. The Bertz CT molecular complexity index is 1190. The summed E-state index contributed by atoms with van der Waals surface area (Å²) in [6, 6.07) is 12.9. The summed E-state index contributed by atoms with van der Waals surface area (Å²) in [6.45, 7) is 0.516. The topological polar surface area (TPSA) is 105 Å². The number of benzene rings is 2. The molecule has 1 fully saturated rings. The number of aliphatic carboxylic acids is 1. The maximum atomic E-state index is 13.3. The van der Waals surface area contributed by atoms with E-state index in [0.29, 0.717) is 46.6 Å². The van der Waals surface area contributed by atoms with Crippen molar-refractivity contribution in [3.63, 3.8) is 0 Å². The van der Waals surface area contributed by atoms with Crippen LogP contribution in [0, 0.1) is 11.7 Å². The van der Waals surface area contributed by atoms with E-state index in [1.807, 2.05) is 0 Å². The first-order chi connectivity index (χ1) is 16.4. The zero-order chi connectivity index (χ0) is 24.1. The number of ether oxygens (including phenoxy) is 1. The third-order valence-electron chi connectivity index (χ3n) is 5.84. The lowest BCUT2D eigenvalue weighted by atomic mass is 9.87. The average Bonchev–Trinajstić information content (AvgIpc) is 3.26. The second-order valence-electron chi connectivity index (χ2n) is 8.26. The van der Waals surface area contributed by atoms with Crippen molar-refractivity contribution >= 4 is 39.2 Å². The van der Waals surface area contributed by atoms with Gasteiger partial charge in [-0.2, -0.15) is 0 Å². The SMILES string of the molecule is O=C(NCCNC(=O)c1cc2ccc(F)cc2s1)c1ccc(OC2CCC(C(=O)O)CC2)cc1. The first kappa shape index (κ1) is 23.7. The van der Waals surface area contributed by atoms with Gasteiger partial charge in [-0.25, -0.2) is 4.39 Å². The maximum absolute atomic E-state index is 13.3. The lowest BCUT2D eigenvalue weighted by Gasteiger charge is -2.26. The third kappa shape index (κ3) is 5.91. The van der Waals surface area contributed by atoms with E-state index in [-0.39, 0.29) is 42.7 Å². The predicted molar refractivity (Wildman–Crippen MR) is 127 cm³/mol. The molecule has 1 heterocycles. The molecule has 0 aliphatic heterocycles. The largest absolute Gasteiger partial charge is 0.490 e. The molecule has 0 atom stereocenters. The summed E-state index contributed by atoms with van der Waals surface area (Å²) in [4.78, 5) is 36.2. The van der Waals surface area contributed by atoms with Gasteiger partial charge in [0.15, 0.2) is 0 Å². The van der Waals surface area contributed by atoms with Crippen LogP contribution in [-0.2, 0) is 4.79 Å². The number of hydrogen-bond donors (Lipinski definition) is 3. The van der Waals surface area contributed by atoms with Gasteiger partial charge < -0.3 is 20.5 Å². The van der Waals surface area contributed by atoms with Gasteiger partial charge in [0.2, 0.25) is 0 Å². The fraction of sp³-hybridized carbons (Fsp3) is 0.320. The van der Waals surface area contributed by atoms with Gasteiger partial charge in [0.05, 0.1) is 16.9 Å². The van der Waals surface area contributed by atoms with Gasteiger partial charge in [-0.1, -0.05) is 6.07 Å². The van der Waals surface area contributed by atoms with E-state index in [1.165, 1.54) is 23.5 Å². The number of carbonyl (C=O) groups is 3. The van der Waals surface area contributed by atoms with Gasteiger partial charge in [-0.15, -0.1) is 11.3 Å². The molecule has 0 unspecified atom stereocenters. The van der Waals surface area contributed by atoms with Crippen molar-refractivity contribution in [2.45, 2.75) is 31.8 Å². The minimum absolute atomic E-state index is 0.0150. The van der Waals surface area contributed by atoms with Crippen LogP contribution in [0.2, 0.25) is 0 Å². The molecule has 0 saturated heterocycles. The summed E-state index contributed by atoms with van der Waals surface area (Å²) in [5.74, 6) is -1.26. The van der Waals surface area contributed by atoms with Crippen molar-refractivity contribution in [1.82, 2.24) is 10.6 Å². The lowest BCUT2D eigenvalue weighted by molar-refractivity contribution is -0.143. The molecule has 3 N–H and O–H groups in total. The quantitative estimate of drug-likeness (QED) is 0.415. The molecule has 2 amide bonds. The molecule has 1 saturated carbocycles. The van der Waals surface area contributed by atoms with Crippen LogP contribution in [0.15, 0.2) is 48.5 Å². The van der Waals surface area contributed by atoms with E-state index in [1.54, 1.807) is 36.4 Å². The molecule has 1 aromatic heterocycles. The molecule has 1 aliphatic carbocycles. The molecule has 0 spiro atoms. The molecule has 178 valence electrons. The van der Waals surface area contributed by atoms with Gasteiger partial charge in [0.1, 0.15) is 11.6 Å². The molecular formula is C25H25FN2O5S. The van der Waals surface area contributed by atoms with Gasteiger partial charge in [0, 0.05) is 23.4 Å². The normalized spacial score (nSPS) is 17.8. The zero-order valence-corrected chi connectivity index (χ0v) is 19.2. The fourth-order valence-corrected chi connectivity index (χ4v) is 4.97. The number of carboxylic acids is 1. The predicted octanol–water partition coefficient (Wildman–Crippen LogP) is 4.22. The summed E-state index contributed by atoms with van der Waals surface area (Å²) < 4.78 is 19.9. The molecule has 3 aromatic rings. The smallest absolute Gasteiger partial charge is 0.306 e. The first-order valence-electron chi connectivity index (χ1n) is 11.1. The van der Waals surface area contributed by atoms with Crippen molar-refractivity contribution in [2.24, 2.45) is 5.92 Å². The number of fused-ring (bicyclic) bond motifs is 1. The summed E-state index contributed by atoms with van der Waals surface area (Å²) in [5, 5.41) is 15.4. The van der Waals surface area contributed by atoms with Crippen molar-refractivity contribution < 1.29 is 28.6 Å². The highest BCUT2D eigenvalue weighted by atomic mass is 32.1. The van der Waals surface area contributed by atoms with Crippen LogP contribution >= 0.6 is 11.3 Å². The summed E-state index contributed by atoms with van der Waals surface area (Å²) >= 11 is 1.22. The lowest BCUT2D eigenvalue weighted by Crippen LogP contribution is -2.34. The second-order valence-corrected chi connectivity index (χ2v) is 9.34. The fourth-order valence-electron chi connectivity index (χ4n) is 3.96. The van der Waals surface area contributed by atoms with Crippen molar-refractivity contribution in [2.75, 3.05) is 13.1 Å². The Morgan fingerprint density at radius 3 is 2.29 bits per heavy atom. The highest BCUT2D eigenvalue weighted by Crippen LogP contribution is 2.28. The van der Waals surface area contributed by atoms with Crippen molar-refractivity contribution in [3.8, 4) is 5.75 Å². The Labute approximate surface area is 199 Å². The molecule has 7 nitrogen and oxygen atoms in total. The van der Waals surface area contributed by atoms with E-state index < -0.39 is 5.97 Å². The van der Waals surface area contributed by atoms with E-state index in [0.717, 1.165) is 5.39 Å². The molecule has 4 rings (SSSR count). The number of carboxylic acid groups (broad SMARTS) is 1. The van der Waals surface area contributed by atoms with Gasteiger partial charge in [-0.3, -0.25) is 14.4 Å². The third-order valence-corrected chi connectivity index (χ3v) is 6.94. The average molecular weight is 485 g/mol. The summed E-state index contributed by atoms with van der Waals surface area (Å²) in [6.07, 6.45) is 2.60. The number of thiophene rings is 1. The standard InChI is InChI=1S/C25H25FN2O5S/c26-18-6-1-17-13-22(34-21(17)14-18)24(30)28-12-11-27-23(29)15-2-7-19(8-3-15)33-20-9-4-16(5-10-20)25(31)32/h1-3,6-8,13-14,16,20H,4-5,9-12H2,(H,27,29)(H,28,30)(H,31,32). The van der Waals surface area contributed by atoms with Crippen LogP contribution in [0.25, 0.3) is 10.1 Å². The van der Waals surface area contributed by atoms with Crippen molar-refractivity contribution in [3.05, 3.63) is 64.8 Å². The van der Waals surface area contributed by atoms with E-state index >= 15 is 0 Å². The molecule has 1 aliphatic rings. The highest BCUT2D eigenvalue weighted by Gasteiger charge is 2.26. The van der Waals surface area contributed by atoms with Crippen LogP contribution in [0.3, 0.4) is 0 Å². The number of hydrogen-bond acceptors (Lipinski definition) is 5. The molecule has 0 bridgehead atoms.